The van der Waals surface area contributed by atoms with Crippen molar-refractivity contribution in [3.63, 3.8) is 0 Å². The largest absolute Gasteiger partial charge is 0.496 e. The maximum absolute atomic E-state index is 11.4. The second kappa shape index (κ2) is 6.58. The van der Waals surface area contributed by atoms with Crippen molar-refractivity contribution in [3.05, 3.63) is 41.0 Å². The molecule has 0 heterocycles. The summed E-state index contributed by atoms with van der Waals surface area (Å²) in [5, 5.41) is 11.0. The summed E-state index contributed by atoms with van der Waals surface area (Å²) in [4.78, 5) is 21.7. The molecular weight excluding hydrogens is 246 g/mol. The van der Waals surface area contributed by atoms with Gasteiger partial charge in [0.2, 0.25) is 5.91 Å². The van der Waals surface area contributed by atoms with Crippen molar-refractivity contribution < 1.29 is 19.4 Å². The summed E-state index contributed by atoms with van der Waals surface area (Å²) in [5.74, 6) is -0.879. The molecule has 0 unspecified atom stereocenters. The minimum atomic E-state index is -1.15. The Kier molecular flexibility index (Phi) is 5.11. The lowest BCUT2D eigenvalue weighted by Crippen LogP contribution is -2.21. The van der Waals surface area contributed by atoms with Crippen molar-refractivity contribution in [1.29, 1.82) is 0 Å². The second-order valence-electron chi connectivity index (χ2n) is 4.16. The fourth-order valence-electron chi connectivity index (χ4n) is 1.85. The van der Waals surface area contributed by atoms with Crippen LogP contribution in [0.2, 0.25) is 0 Å². The molecule has 0 aromatic heterocycles. The predicted octanol–water partition coefficient (Wildman–Crippen LogP) is 1.57. The Labute approximate surface area is 111 Å². The summed E-state index contributed by atoms with van der Waals surface area (Å²) in [6, 6.07) is 3.92. The molecule has 0 aliphatic carbocycles. The van der Waals surface area contributed by atoms with Crippen molar-refractivity contribution in [2.75, 3.05) is 7.11 Å². The first-order chi connectivity index (χ1) is 8.93. The lowest BCUT2D eigenvalue weighted by molar-refractivity contribution is -0.131. The fourth-order valence-corrected chi connectivity index (χ4v) is 1.85. The molecule has 0 radical (unpaired) electrons. The number of carboxylic acids is 1. The summed E-state index contributed by atoms with van der Waals surface area (Å²) >= 11 is 0. The van der Waals surface area contributed by atoms with E-state index in [9.17, 15) is 9.59 Å². The number of benzene rings is 1. The number of carbonyl (C=O) groups excluding carboxylic acids is 1. The molecule has 1 aromatic carbocycles. The number of aliphatic carboxylic acids is 1. The van der Waals surface area contributed by atoms with E-state index in [0.29, 0.717) is 0 Å². The van der Waals surface area contributed by atoms with Gasteiger partial charge in [0.15, 0.2) is 0 Å². The van der Waals surface area contributed by atoms with E-state index in [2.05, 4.69) is 5.32 Å². The standard InChI is InChI=1S/C14H17NO4/c1-9-6-10(2)14(19-3)11(7-9)8-15-12(16)4-5-13(17)18/h4-7H,8H2,1-3H3,(H,15,16)(H,17,18)/b5-4+. The zero-order chi connectivity index (χ0) is 14.4. The average molecular weight is 263 g/mol. The van der Waals surface area contributed by atoms with Crippen LogP contribution in [0.4, 0.5) is 0 Å². The van der Waals surface area contributed by atoms with Gasteiger partial charge in [0.05, 0.1) is 7.11 Å². The lowest BCUT2D eigenvalue weighted by atomic mass is 10.1. The molecule has 2 N–H and O–H groups in total. The highest BCUT2D eigenvalue weighted by atomic mass is 16.5. The van der Waals surface area contributed by atoms with Gasteiger partial charge in [0.25, 0.3) is 0 Å². The van der Waals surface area contributed by atoms with Crippen LogP contribution in [0, 0.1) is 13.8 Å². The number of amides is 1. The van der Waals surface area contributed by atoms with Crippen molar-refractivity contribution in [2.45, 2.75) is 20.4 Å². The number of carboxylic acid groups (broad SMARTS) is 1. The summed E-state index contributed by atoms with van der Waals surface area (Å²) in [6.45, 7) is 4.18. The number of ether oxygens (including phenoxy) is 1. The SMILES string of the molecule is COc1c(C)cc(C)cc1CNC(=O)/C=C/C(=O)O. The molecule has 0 saturated heterocycles. The molecule has 0 atom stereocenters. The summed E-state index contributed by atoms with van der Waals surface area (Å²) < 4.78 is 5.30. The van der Waals surface area contributed by atoms with Gasteiger partial charge in [-0.2, -0.15) is 0 Å². The smallest absolute Gasteiger partial charge is 0.328 e. The van der Waals surface area contributed by atoms with Crippen LogP contribution in [0.5, 0.6) is 5.75 Å². The maximum atomic E-state index is 11.4. The Hall–Kier alpha value is -2.30. The van der Waals surface area contributed by atoms with Gasteiger partial charge in [-0.3, -0.25) is 4.79 Å². The highest BCUT2D eigenvalue weighted by molar-refractivity contribution is 5.93. The minimum absolute atomic E-state index is 0.286. The van der Waals surface area contributed by atoms with Gasteiger partial charge in [0, 0.05) is 24.3 Å². The van der Waals surface area contributed by atoms with Gasteiger partial charge in [-0.25, -0.2) is 4.79 Å². The molecule has 0 spiro atoms. The third-order valence-corrected chi connectivity index (χ3v) is 2.53. The fraction of sp³-hybridized carbons (Fsp3) is 0.286. The zero-order valence-electron chi connectivity index (χ0n) is 11.2. The quantitative estimate of drug-likeness (QED) is 0.791. The Morgan fingerprint density at radius 1 is 1.32 bits per heavy atom. The third kappa shape index (κ3) is 4.46. The van der Waals surface area contributed by atoms with E-state index in [1.165, 1.54) is 0 Å². The molecule has 102 valence electrons. The Balaban J connectivity index is 2.77. The van der Waals surface area contributed by atoms with Gasteiger partial charge in [0.1, 0.15) is 5.75 Å². The van der Waals surface area contributed by atoms with Crippen molar-refractivity contribution in [2.24, 2.45) is 0 Å². The number of aryl methyl sites for hydroxylation is 2. The van der Waals surface area contributed by atoms with Crippen LogP contribution in [-0.4, -0.2) is 24.1 Å². The van der Waals surface area contributed by atoms with E-state index < -0.39 is 11.9 Å². The molecule has 0 aliphatic rings. The minimum Gasteiger partial charge on any atom is -0.496 e. The van der Waals surface area contributed by atoms with E-state index in [4.69, 9.17) is 9.84 Å². The van der Waals surface area contributed by atoms with E-state index in [1.54, 1.807) is 7.11 Å². The van der Waals surface area contributed by atoms with Crippen molar-refractivity contribution in [3.8, 4) is 5.75 Å². The lowest BCUT2D eigenvalue weighted by Gasteiger charge is -2.13. The van der Waals surface area contributed by atoms with Gasteiger partial charge in [-0.15, -0.1) is 0 Å². The van der Waals surface area contributed by atoms with Crippen LogP contribution in [0.15, 0.2) is 24.3 Å². The molecule has 0 aliphatic heterocycles. The first kappa shape index (κ1) is 14.8. The number of rotatable bonds is 5. The Morgan fingerprint density at radius 3 is 2.58 bits per heavy atom. The maximum Gasteiger partial charge on any atom is 0.328 e. The summed E-state index contributed by atoms with van der Waals surface area (Å²) in [6.07, 6.45) is 1.78. The Morgan fingerprint density at radius 2 is 2.00 bits per heavy atom. The van der Waals surface area contributed by atoms with Gasteiger partial charge in [-0.05, 0) is 19.4 Å². The first-order valence-corrected chi connectivity index (χ1v) is 5.77. The third-order valence-electron chi connectivity index (χ3n) is 2.53. The predicted molar refractivity (Wildman–Crippen MR) is 71.1 cm³/mol. The van der Waals surface area contributed by atoms with E-state index in [0.717, 1.165) is 34.6 Å². The Bertz CT molecular complexity index is 520. The zero-order valence-corrected chi connectivity index (χ0v) is 11.2. The van der Waals surface area contributed by atoms with Gasteiger partial charge >= 0.3 is 5.97 Å². The first-order valence-electron chi connectivity index (χ1n) is 5.77. The molecule has 5 heteroatoms. The van der Waals surface area contributed by atoms with Crippen LogP contribution in [0.1, 0.15) is 16.7 Å². The molecule has 19 heavy (non-hydrogen) atoms. The van der Waals surface area contributed by atoms with E-state index in [1.807, 2.05) is 26.0 Å². The molecule has 1 aromatic rings. The van der Waals surface area contributed by atoms with Crippen molar-refractivity contribution in [1.82, 2.24) is 5.32 Å². The van der Waals surface area contributed by atoms with E-state index in [-0.39, 0.29) is 6.54 Å². The molecule has 0 saturated carbocycles. The van der Waals surface area contributed by atoms with Gasteiger partial charge in [-0.1, -0.05) is 17.7 Å². The van der Waals surface area contributed by atoms with Gasteiger partial charge < -0.3 is 15.2 Å². The number of nitrogens with one attached hydrogen (secondary N) is 1. The highest BCUT2D eigenvalue weighted by Crippen LogP contribution is 2.24. The molecule has 0 bridgehead atoms. The molecular formula is C14H17NO4. The molecule has 0 fully saturated rings. The van der Waals surface area contributed by atoms with Crippen LogP contribution in [0.25, 0.3) is 0 Å². The van der Waals surface area contributed by atoms with Crippen LogP contribution >= 0.6 is 0 Å². The number of hydrogen-bond donors (Lipinski definition) is 2. The summed E-state index contributed by atoms with van der Waals surface area (Å²) in [7, 11) is 1.58. The number of methoxy groups -OCH3 is 1. The van der Waals surface area contributed by atoms with Crippen molar-refractivity contribution >= 4 is 11.9 Å². The molecule has 5 nitrogen and oxygen atoms in total. The number of hydrogen-bond acceptors (Lipinski definition) is 3. The van der Waals surface area contributed by atoms with Crippen LogP contribution < -0.4 is 10.1 Å². The summed E-state index contributed by atoms with van der Waals surface area (Å²) in [5.41, 5.74) is 2.92. The van der Waals surface area contributed by atoms with Crippen LogP contribution in [-0.2, 0) is 16.1 Å². The monoisotopic (exact) mass is 263 g/mol. The topological polar surface area (TPSA) is 75.6 Å². The van der Waals surface area contributed by atoms with E-state index >= 15 is 0 Å². The number of carbonyl (C=O) groups is 2. The molecule has 1 rings (SSSR count). The molecule has 1 amide bonds. The highest BCUT2D eigenvalue weighted by Gasteiger charge is 2.08. The average Bonchev–Trinajstić information content (AvgIpc) is 2.33. The van der Waals surface area contributed by atoms with Crippen LogP contribution in [0.3, 0.4) is 0 Å². The second-order valence-corrected chi connectivity index (χ2v) is 4.16. The normalized spacial score (nSPS) is 10.5.